The number of carbonyl (C=O) groups is 1. The third kappa shape index (κ3) is 3.44. The molecule has 26 heavy (non-hydrogen) atoms. The molecule has 0 spiro atoms. The second-order valence-electron chi connectivity index (χ2n) is 6.74. The molecule has 1 aliphatic carbocycles. The molecule has 1 saturated carbocycles. The third-order valence-electron chi connectivity index (χ3n) is 5.03. The normalized spacial score (nSPS) is 14.8. The van der Waals surface area contributed by atoms with Gasteiger partial charge in [0.1, 0.15) is 0 Å². The lowest BCUT2D eigenvalue weighted by molar-refractivity contribution is -0.123. The fourth-order valence-corrected chi connectivity index (χ4v) is 3.60. The average Bonchev–Trinajstić information content (AvgIpc) is 3.31. The summed E-state index contributed by atoms with van der Waals surface area (Å²) in [4.78, 5) is 12.9. The highest BCUT2D eigenvalue weighted by atomic mass is 79.9. The van der Waals surface area contributed by atoms with Gasteiger partial charge in [0.15, 0.2) is 0 Å². The van der Waals surface area contributed by atoms with Crippen LogP contribution >= 0.6 is 15.9 Å². The summed E-state index contributed by atoms with van der Waals surface area (Å²) in [6.45, 7) is 1.24. The molecule has 3 aromatic rings. The van der Waals surface area contributed by atoms with Crippen molar-refractivity contribution in [2.45, 2.75) is 31.3 Å². The maximum absolute atomic E-state index is 12.9. The van der Waals surface area contributed by atoms with Crippen molar-refractivity contribution in [3.8, 4) is 0 Å². The van der Waals surface area contributed by atoms with E-state index in [9.17, 15) is 4.79 Å². The minimum absolute atomic E-state index is 0.119. The number of carbonyl (C=O) groups excluding carboxylic acids is 1. The Morgan fingerprint density at radius 3 is 2.46 bits per heavy atom. The topological polar surface area (TPSA) is 46.9 Å². The van der Waals surface area contributed by atoms with Crippen LogP contribution in [-0.2, 0) is 23.3 Å². The summed E-state index contributed by atoms with van der Waals surface area (Å²) in [5.74, 6) is 0.119. The van der Waals surface area contributed by atoms with Crippen molar-refractivity contribution >= 4 is 21.8 Å². The van der Waals surface area contributed by atoms with E-state index in [1.807, 2.05) is 53.3 Å². The van der Waals surface area contributed by atoms with Crippen LogP contribution in [0, 0.1) is 0 Å². The van der Waals surface area contributed by atoms with E-state index in [4.69, 9.17) is 0 Å². The van der Waals surface area contributed by atoms with Gasteiger partial charge in [0, 0.05) is 23.4 Å². The van der Waals surface area contributed by atoms with Gasteiger partial charge in [0.2, 0.25) is 5.91 Å². The van der Waals surface area contributed by atoms with Crippen molar-refractivity contribution in [1.29, 1.82) is 0 Å². The molecule has 0 saturated heterocycles. The van der Waals surface area contributed by atoms with Gasteiger partial charge >= 0.3 is 0 Å². The smallest absolute Gasteiger partial charge is 0.230 e. The zero-order valence-corrected chi connectivity index (χ0v) is 15.9. The molecule has 5 heteroatoms. The highest BCUT2D eigenvalue weighted by molar-refractivity contribution is 9.10. The first kappa shape index (κ1) is 17.0. The first-order chi connectivity index (χ1) is 12.7. The van der Waals surface area contributed by atoms with Gasteiger partial charge in [-0.2, -0.15) is 5.10 Å². The van der Waals surface area contributed by atoms with Crippen molar-refractivity contribution < 1.29 is 4.79 Å². The predicted octanol–water partition coefficient (Wildman–Crippen LogP) is 4.04. The van der Waals surface area contributed by atoms with E-state index in [1.54, 1.807) is 6.20 Å². The van der Waals surface area contributed by atoms with Crippen molar-refractivity contribution in [3.05, 3.63) is 88.2 Å². The second kappa shape index (κ2) is 7.08. The van der Waals surface area contributed by atoms with E-state index >= 15 is 0 Å². The largest absolute Gasteiger partial charge is 0.351 e. The van der Waals surface area contributed by atoms with Crippen LogP contribution in [0.25, 0.3) is 0 Å². The summed E-state index contributed by atoms with van der Waals surface area (Å²) in [7, 11) is 0. The molecule has 0 bridgehead atoms. The predicted molar refractivity (Wildman–Crippen MR) is 105 cm³/mol. The Hall–Kier alpha value is -2.40. The third-order valence-corrected chi connectivity index (χ3v) is 5.56. The highest BCUT2D eigenvalue weighted by Gasteiger charge is 2.51. The molecule has 132 valence electrons. The van der Waals surface area contributed by atoms with Gasteiger partial charge in [-0.25, -0.2) is 0 Å². The molecule has 1 aliphatic rings. The first-order valence-corrected chi connectivity index (χ1v) is 9.55. The fourth-order valence-electron chi connectivity index (χ4n) is 3.34. The van der Waals surface area contributed by atoms with Crippen LogP contribution in [0.15, 0.2) is 71.5 Å². The van der Waals surface area contributed by atoms with Gasteiger partial charge in [-0.05, 0) is 47.7 Å². The summed E-state index contributed by atoms with van der Waals surface area (Å²) >= 11 is 3.46. The number of nitrogens with zero attached hydrogens (tertiary/aromatic N) is 2. The Bertz CT molecular complexity index is 899. The molecule has 0 unspecified atom stereocenters. The van der Waals surface area contributed by atoms with E-state index in [1.165, 1.54) is 5.56 Å². The molecular weight excluding hydrogens is 390 g/mol. The number of aromatic nitrogens is 2. The molecule has 2 aromatic carbocycles. The van der Waals surface area contributed by atoms with Gasteiger partial charge in [-0.3, -0.25) is 9.48 Å². The second-order valence-corrected chi connectivity index (χ2v) is 7.66. The molecule has 4 rings (SSSR count). The van der Waals surface area contributed by atoms with Crippen LogP contribution < -0.4 is 5.32 Å². The Balaban J connectivity index is 1.46. The first-order valence-electron chi connectivity index (χ1n) is 8.76. The van der Waals surface area contributed by atoms with Crippen LogP contribution in [0.2, 0.25) is 0 Å². The molecule has 4 nitrogen and oxygen atoms in total. The van der Waals surface area contributed by atoms with Crippen molar-refractivity contribution in [2.24, 2.45) is 0 Å². The number of halogens is 1. The molecule has 0 aliphatic heterocycles. The Morgan fingerprint density at radius 2 is 1.81 bits per heavy atom. The SMILES string of the molecule is O=C(NCc1ccccc1Cn1cccn1)C1(c2ccc(Br)cc2)CC1. The minimum atomic E-state index is -0.350. The molecule has 1 heterocycles. The molecule has 1 N–H and O–H groups in total. The molecule has 1 fully saturated rings. The average molecular weight is 410 g/mol. The van der Waals surface area contributed by atoms with Crippen LogP contribution in [0.1, 0.15) is 29.5 Å². The van der Waals surface area contributed by atoms with E-state index < -0.39 is 0 Å². The van der Waals surface area contributed by atoms with Gasteiger partial charge < -0.3 is 5.32 Å². The monoisotopic (exact) mass is 409 g/mol. The van der Waals surface area contributed by atoms with Crippen LogP contribution in [-0.4, -0.2) is 15.7 Å². The van der Waals surface area contributed by atoms with Crippen LogP contribution in [0.4, 0.5) is 0 Å². The number of nitrogens with one attached hydrogen (secondary N) is 1. The van der Waals surface area contributed by atoms with Gasteiger partial charge in [-0.1, -0.05) is 52.3 Å². The minimum Gasteiger partial charge on any atom is -0.351 e. The highest BCUT2D eigenvalue weighted by Crippen LogP contribution is 2.48. The molecule has 0 radical (unpaired) electrons. The lowest BCUT2D eigenvalue weighted by Gasteiger charge is -2.17. The summed E-state index contributed by atoms with van der Waals surface area (Å²) < 4.78 is 2.93. The summed E-state index contributed by atoms with van der Waals surface area (Å²) in [6, 6.07) is 18.2. The summed E-state index contributed by atoms with van der Waals surface area (Å²) in [5.41, 5.74) is 3.05. The van der Waals surface area contributed by atoms with E-state index in [-0.39, 0.29) is 11.3 Å². The molecule has 1 amide bonds. The van der Waals surface area contributed by atoms with Gasteiger partial charge in [0.05, 0.1) is 12.0 Å². The van der Waals surface area contributed by atoms with E-state index in [2.05, 4.69) is 38.5 Å². The lowest BCUT2D eigenvalue weighted by Crippen LogP contribution is -2.34. The number of benzene rings is 2. The maximum atomic E-state index is 12.9. The standard InChI is InChI=1S/C21H20BrN3O/c22-19-8-6-18(7-9-19)21(10-11-21)20(26)23-14-16-4-1-2-5-17(16)15-25-13-3-12-24-25/h1-9,12-13H,10-11,14-15H2,(H,23,26). The Morgan fingerprint density at radius 1 is 1.08 bits per heavy atom. The maximum Gasteiger partial charge on any atom is 0.230 e. The van der Waals surface area contributed by atoms with Crippen molar-refractivity contribution in [2.75, 3.05) is 0 Å². The Kier molecular flexibility index (Phi) is 4.64. The zero-order valence-electron chi connectivity index (χ0n) is 14.4. The van der Waals surface area contributed by atoms with Gasteiger partial charge in [0.25, 0.3) is 0 Å². The molecule has 0 atom stereocenters. The number of hydrogen-bond donors (Lipinski definition) is 1. The van der Waals surface area contributed by atoms with E-state index in [0.717, 1.165) is 28.4 Å². The molecule has 1 aromatic heterocycles. The van der Waals surface area contributed by atoms with Gasteiger partial charge in [-0.15, -0.1) is 0 Å². The quantitative estimate of drug-likeness (QED) is 0.667. The van der Waals surface area contributed by atoms with E-state index in [0.29, 0.717) is 13.1 Å². The number of rotatable bonds is 6. The van der Waals surface area contributed by atoms with Crippen molar-refractivity contribution in [1.82, 2.24) is 15.1 Å². The zero-order chi connectivity index (χ0) is 18.0. The molecular formula is C21H20BrN3O. The summed E-state index contributed by atoms with van der Waals surface area (Å²) in [5, 5.41) is 7.42. The number of hydrogen-bond acceptors (Lipinski definition) is 2. The van der Waals surface area contributed by atoms with Crippen molar-refractivity contribution in [3.63, 3.8) is 0 Å². The van der Waals surface area contributed by atoms with Crippen LogP contribution in [0.3, 0.4) is 0 Å². The fraction of sp³-hybridized carbons (Fsp3) is 0.238. The summed E-state index contributed by atoms with van der Waals surface area (Å²) in [6.07, 6.45) is 5.55. The lowest BCUT2D eigenvalue weighted by atomic mass is 9.95. The van der Waals surface area contributed by atoms with Crippen LogP contribution in [0.5, 0.6) is 0 Å². The Labute approximate surface area is 161 Å². The number of amides is 1.